The van der Waals surface area contributed by atoms with Crippen LogP contribution in [0.2, 0.25) is 0 Å². The van der Waals surface area contributed by atoms with Gasteiger partial charge in [0.1, 0.15) is 12.6 Å². The van der Waals surface area contributed by atoms with Gasteiger partial charge >= 0.3 is 0 Å². The standard InChI is InChI=1S/C24H46NO4P/c1-4-5-6-7-8-9-10-11-12-13-14-15-16-17-18-19-22-28-30(26,27)29-24-20-21-25(2,3)23-24/h8-9,11-12,24H,4-7,10,13-23H2,1-3H3/b9-8-,12-11-. The molecule has 2 atom stereocenters. The molecule has 0 N–H and O–H groups in total. The molecular weight excluding hydrogens is 397 g/mol. The molecule has 0 aliphatic carbocycles. The molecule has 0 saturated carbocycles. The maximum Gasteiger partial charge on any atom is 0.268 e. The molecular formula is C24H46NO4P. The fourth-order valence-electron chi connectivity index (χ4n) is 3.79. The highest BCUT2D eigenvalue weighted by Gasteiger charge is 2.33. The van der Waals surface area contributed by atoms with Crippen LogP contribution in [0, 0.1) is 0 Å². The number of allylic oxidation sites excluding steroid dienone is 4. The summed E-state index contributed by atoms with van der Waals surface area (Å²) in [7, 11) is 0.0144. The Kier molecular flexibility index (Phi) is 14.9. The molecule has 0 radical (unpaired) electrons. The maximum atomic E-state index is 11.9. The van der Waals surface area contributed by atoms with Crippen LogP contribution in [0.4, 0.5) is 0 Å². The maximum absolute atomic E-state index is 11.9. The molecule has 2 unspecified atom stereocenters. The van der Waals surface area contributed by atoms with Crippen molar-refractivity contribution in [3.8, 4) is 0 Å². The van der Waals surface area contributed by atoms with E-state index in [0.29, 0.717) is 0 Å². The van der Waals surface area contributed by atoms with Crippen molar-refractivity contribution in [2.45, 2.75) is 96.5 Å². The van der Waals surface area contributed by atoms with E-state index in [0.717, 1.165) is 56.1 Å². The van der Waals surface area contributed by atoms with E-state index < -0.39 is 7.82 Å². The summed E-state index contributed by atoms with van der Waals surface area (Å²) in [6.07, 6.45) is 23.6. The Morgan fingerprint density at radius 2 is 1.53 bits per heavy atom. The number of unbranched alkanes of at least 4 members (excludes halogenated alkanes) is 9. The summed E-state index contributed by atoms with van der Waals surface area (Å²) in [5.41, 5.74) is 0. The SMILES string of the molecule is CCCCC/C=C\C/C=C\CCCCCCCCOP(=O)([O-])OC1CC[N+](C)(C)C1. The molecule has 0 aromatic rings. The summed E-state index contributed by atoms with van der Waals surface area (Å²) in [5.74, 6) is 0. The van der Waals surface area contributed by atoms with Crippen LogP contribution in [0.25, 0.3) is 0 Å². The van der Waals surface area contributed by atoms with Gasteiger partial charge in [-0.25, -0.2) is 0 Å². The van der Waals surface area contributed by atoms with Gasteiger partial charge in [0, 0.05) is 6.42 Å². The van der Waals surface area contributed by atoms with Gasteiger partial charge in [-0.1, -0.05) is 69.8 Å². The predicted octanol–water partition coefficient (Wildman–Crippen LogP) is 6.15. The minimum Gasteiger partial charge on any atom is -0.756 e. The van der Waals surface area contributed by atoms with Gasteiger partial charge in [-0.2, -0.15) is 0 Å². The van der Waals surface area contributed by atoms with Crippen molar-refractivity contribution >= 4 is 7.82 Å². The lowest BCUT2D eigenvalue weighted by atomic mass is 10.1. The average Bonchev–Trinajstić information content (AvgIpc) is 3.01. The molecule has 1 fully saturated rings. The number of hydrogen-bond acceptors (Lipinski definition) is 4. The van der Waals surface area contributed by atoms with Gasteiger partial charge in [-0.3, -0.25) is 4.57 Å². The highest BCUT2D eigenvalue weighted by atomic mass is 31.2. The molecule has 5 nitrogen and oxygen atoms in total. The lowest BCUT2D eigenvalue weighted by Gasteiger charge is -2.27. The van der Waals surface area contributed by atoms with E-state index in [4.69, 9.17) is 9.05 Å². The van der Waals surface area contributed by atoms with Crippen LogP contribution in [-0.4, -0.2) is 44.4 Å². The van der Waals surface area contributed by atoms with Crippen molar-refractivity contribution < 1.29 is 23.0 Å². The fourth-order valence-corrected chi connectivity index (χ4v) is 4.74. The molecule has 30 heavy (non-hydrogen) atoms. The van der Waals surface area contributed by atoms with E-state index in [-0.39, 0.29) is 12.7 Å². The van der Waals surface area contributed by atoms with Crippen molar-refractivity contribution in [1.29, 1.82) is 0 Å². The van der Waals surface area contributed by atoms with Crippen molar-refractivity contribution in [1.82, 2.24) is 0 Å². The third kappa shape index (κ3) is 15.4. The fraction of sp³-hybridized carbons (Fsp3) is 0.833. The van der Waals surface area contributed by atoms with E-state index in [2.05, 4.69) is 45.3 Å². The van der Waals surface area contributed by atoms with Crippen LogP contribution in [0.3, 0.4) is 0 Å². The number of nitrogens with zero attached hydrogens (tertiary/aromatic N) is 1. The molecule has 1 aliphatic rings. The molecule has 0 amide bonds. The monoisotopic (exact) mass is 443 g/mol. The van der Waals surface area contributed by atoms with Crippen LogP contribution < -0.4 is 4.89 Å². The summed E-state index contributed by atoms with van der Waals surface area (Å²) in [6.45, 7) is 4.14. The van der Waals surface area contributed by atoms with Gasteiger partial charge in [-0.15, -0.1) is 0 Å². The Morgan fingerprint density at radius 1 is 0.933 bits per heavy atom. The first-order valence-corrected chi connectivity index (χ1v) is 13.6. The average molecular weight is 444 g/mol. The molecule has 0 spiro atoms. The van der Waals surface area contributed by atoms with E-state index in [1.165, 1.54) is 44.9 Å². The number of phosphoric acid groups is 1. The lowest BCUT2D eigenvalue weighted by molar-refractivity contribution is -0.879. The van der Waals surface area contributed by atoms with E-state index in [1.807, 2.05) is 0 Å². The number of quaternary nitrogens is 1. The second kappa shape index (κ2) is 16.2. The quantitative estimate of drug-likeness (QED) is 0.110. The van der Waals surface area contributed by atoms with Crippen molar-refractivity contribution in [3.63, 3.8) is 0 Å². The van der Waals surface area contributed by atoms with Crippen molar-refractivity contribution in [3.05, 3.63) is 24.3 Å². The Hall–Kier alpha value is -0.450. The minimum absolute atomic E-state index is 0.237. The van der Waals surface area contributed by atoms with E-state index in [9.17, 15) is 9.46 Å². The number of hydrogen-bond donors (Lipinski definition) is 0. The van der Waals surface area contributed by atoms with Gasteiger partial charge in [0.2, 0.25) is 0 Å². The van der Waals surface area contributed by atoms with Gasteiger partial charge in [0.15, 0.2) is 0 Å². The summed E-state index contributed by atoms with van der Waals surface area (Å²) < 4.78 is 23.0. The zero-order chi connectivity index (χ0) is 22.1. The largest absolute Gasteiger partial charge is 0.756 e. The number of rotatable bonds is 18. The molecule has 176 valence electrons. The summed E-state index contributed by atoms with van der Waals surface area (Å²) in [5, 5.41) is 0. The molecule has 0 aromatic carbocycles. The Morgan fingerprint density at radius 3 is 2.13 bits per heavy atom. The smallest absolute Gasteiger partial charge is 0.268 e. The first-order valence-electron chi connectivity index (χ1n) is 12.1. The molecule has 0 bridgehead atoms. The summed E-state index contributed by atoms with van der Waals surface area (Å²) in [6, 6.07) is 0. The van der Waals surface area contributed by atoms with Crippen molar-refractivity contribution in [2.75, 3.05) is 33.8 Å². The molecule has 1 rings (SSSR count). The number of likely N-dealkylation sites (N-methyl/N-ethyl adjacent to an activating group) is 1. The molecule has 6 heteroatoms. The summed E-state index contributed by atoms with van der Waals surface area (Å²) in [4.78, 5) is 11.9. The lowest BCUT2D eigenvalue weighted by Crippen LogP contribution is -2.37. The van der Waals surface area contributed by atoms with Crippen molar-refractivity contribution in [2.24, 2.45) is 0 Å². The topological polar surface area (TPSA) is 58.6 Å². The van der Waals surface area contributed by atoms with Gasteiger partial charge in [0.05, 0.1) is 27.2 Å². The first-order chi connectivity index (χ1) is 14.3. The summed E-state index contributed by atoms with van der Waals surface area (Å²) >= 11 is 0. The Balaban J connectivity index is 1.89. The highest BCUT2D eigenvalue weighted by Crippen LogP contribution is 2.42. The molecule has 0 aromatic heterocycles. The molecule has 1 heterocycles. The minimum atomic E-state index is -4.16. The highest BCUT2D eigenvalue weighted by molar-refractivity contribution is 7.45. The van der Waals surface area contributed by atoms with Gasteiger partial charge in [-0.05, 0) is 38.5 Å². The van der Waals surface area contributed by atoms with Crippen LogP contribution in [0.15, 0.2) is 24.3 Å². The number of likely N-dealkylation sites (tertiary alicyclic amines) is 1. The van der Waals surface area contributed by atoms with Crippen LogP contribution in [0.1, 0.15) is 90.4 Å². The van der Waals surface area contributed by atoms with Gasteiger partial charge in [0.25, 0.3) is 7.82 Å². The Bertz CT molecular complexity index is 533. The van der Waals surface area contributed by atoms with Crippen LogP contribution in [0.5, 0.6) is 0 Å². The normalized spacial score (nSPS) is 21.0. The van der Waals surface area contributed by atoms with Gasteiger partial charge < -0.3 is 18.4 Å². The zero-order valence-corrected chi connectivity index (χ0v) is 20.6. The van der Waals surface area contributed by atoms with E-state index >= 15 is 0 Å². The van der Waals surface area contributed by atoms with Crippen LogP contribution in [-0.2, 0) is 13.6 Å². The van der Waals surface area contributed by atoms with Crippen LogP contribution >= 0.6 is 7.82 Å². The van der Waals surface area contributed by atoms with E-state index in [1.54, 1.807) is 0 Å². The molecule has 1 saturated heterocycles. The predicted molar refractivity (Wildman–Crippen MR) is 124 cm³/mol. The second-order valence-electron chi connectivity index (χ2n) is 9.22. The second-order valence-corrected chi connectivity index (χ2v) is 10.6. The number of phosphoric ester groups is 1. The Labute approximate surface area is 185 Å². The third-order valence-electron chi connectivity index (χ3n) is 5.63. The molecule has 1 aliphatic heterocycles. The first kappa shape index (κ1) is 27.6. The zero-order valence-electron chi connectivity index (χ0n) is 19.7. The third-order valence-corrected chi connectivity index (χ3v) is 6.68.